The molecule has 18 heavy (non-hydrogen) atoms. The molecule has 1 aliphatic heterocycles. The van der Waals surface area contributed by atoms with Gasteiger partial charge in [-0.15, -0.1) is 0 Å². The third-order valence-electron chi connectivity index (χ3n) is 3.17. The largest absolute Gasteiger partial charge is 0.375 e. The molecule has 1 aromatic carbocycles. The quantitative estimate of drug-likeness (QED) is 0.874. The van der Waals surface area contributed by atoms with E-state index in [1.807, 2.05) is 13.8 Å². The molecule has 3 nitrogen and oxygen atoms in total. The van der Waals surface area contributed by atoms with Crippen LogP contribution in [0, 0.1) is 17.1 Å². The molecule has 0 bridgehead atoms. The molecule has 0 aliphatic carbocycles. The highest BCUT2D eigenvalue weighted by atomic mass is 19.1. The van der Waals surface area contributed by atoms with Gasteiger partial charge >= 0.3 is 0 Å². The van der Waals surface area contributed by atoms with E-state index in [0.717, 1.165) is 0 Å². The first kappa shape index (κ1) is 12.8. The van der Waals surface area contributed by atoms with Gasteiger partial charge in [0, 0.05) is 18.5 Å². The van der Waals surface area contributed by atoms with E-state index in [0.29, 0.717) is 25.1 Å². The Labute approximate surface area is 107 Å². The van der Waals surface area contributed by atoms with Gasteiger partial charge in [-0.25, -0.2) is 4.39 Å². The highest BCUT2D eigenvalue weighted by molar-refractivity contribution is 5.48. The number of hydrogen-bond acceptors (Lipinski definition) is 3. The lowest BCUT2D eigenvalue weighted by molar-refractivity contribution is -0.0659. The van der Waals surface area contributed by atoms with Gasteiger partial charge in [0.15, 0.2) is 0 Å². The minimum atomic E-state index is -0.685. The van der Waals surface area contributed by atoms with E-state index in [-0.39, 0.29) is 11.4 Å². The van der Waals surface area contributed by atoms with Crippen molar-refractivity contribution in [2.45, 2.75) is 37.8 Å². The molecule has 0 spiro atoms. The van der Waals surface area contributed by atoms with Crippen LogP contribution in [0.15, 0.2) is 24.3 Å². The molecule has 2 rings (SSSR count). The minimum Gasteiger partial charge on any atom is -0.375 e. The lowest BCUT2D eigenvalue weighted by atomic mass is 9.82. The molecule has 0 aromatic heterocycles. The first-order valence-corrected chi connectivity index (χ1v) is 6.04. The Morgan fingerprint density at radius 1 is 1.44 bits per heavy atom. The van der Waals surface area contributed by atoms with Crippen LogP contribution in [0.2, 0.25) is 0 Å². The van der Waals surface area contributed by atoms with Crippen molar-refractivity contribution in [3.63, 3.8) is 0 Å². The summed E-state index contributed by atoms with van der Waals surface area (Å²) >= 11 is 0. The van der Waals surface area contributed by atoms with Crippen molar-refractivity contribution in [3.05, 3.63) is 30.1 Å². The fourth-order valence-corrected chi connectivity index (χ4v) is 2.44. The minimum absolute atomic E-state index is 0.306. The maximum Gasteiger partial charge on any atom is 0.130 e. The van der Waals surface area contributed by atoms with Gasteiger partial charge in [0.05, 0.1) is 18.3 Å². The summed E-state index contributed by atoms with van der Waals surface area (Å²) in [4.78, 5) is 0. The summed E-state index contributed by atoms with van der Waals surface area (Å²) in [7, 11) is 0. The molecular weight excluding hydrogens is 231 g/mol. The number of nitriles is 1. The molecule has 96 valence electrons. The number of nitrogens with one attached hydrogen (secondary N) is 1. The van der Waals surface area contributed by atoms with Crippen LogP contribution in [0.1, 0.15) is 26.7 Å². The number of halogens is 1. The summed E-state index contributed by atoms with van der Waals surface area (Å²) in [6.07, 6.45) is 1.18. The Balaban J connectivity index is 2.21. The summed E-state index contributed by atoms with van der Waals surface area (Å²) in [6, 6.07) is 8.52. The molecule has 1 fully saturated rings. The van der Waals surface area contributed by atoms with E-state index >= 15 is 0 Å². The number of hydrogen-bond donors (Lipinski definition) is 1. The van der Waals surface area contributed by atoms with Gasteiger partial charge in [-0.3, -0.25) is 0 Å². The predicted octanol–water partition coefficient (Wildman–Crippen LogP) is 3.09. The van der Waals surface area contributed by atoms with Crippen molar-refractivity contribution in [1.29, 1.82) is 5.26 Å². The van der Waals surface area contributed by atoms with Crippen molar-refractivity contribution in [2.75, 3.05) is 11.9 Å². The predicted molar refractivity (Wildman–Crippen MR) is 67.6 cm³/mol. The van der Waals surface area contributed by atoms with Gasteiger partial charge in [0.2, 0.25) is 0 Å². The van der Waals surface area contributed by atoms with Crippen molar-refractivity contribution in [1.82, 2.24) is 0 Å². The standard InChI is InChI=1S/C14H17FN2O/c1-13(2)9-14(10-16,6-7-18-13)17-12-5-3-4-11(15)8-12/h3-5,8,17H,6-7,9H2,1-2H3. The average molecular weight is 248 g/mol. The fourth-order valence-electron chi connectivity index (χ4n) is 2.44. The van der Waals surface area contributed by atoms with Crippen LogP contribution in [-0.4, -0.2) is 17.7 Å². The lowest BCUT2D eigenvalue weighted by Crippen LogP contribution is -2.49. The Morgan fingerprint density at radius 3 is 2.83 bits per heavy atom. The molecular formula is C14H17FN2O. The monoisotopic (exact) mass is 248 g/mol. The molecule has 1 N–H and O–H groups in total. The molecule has 1 aromatic rings. The summed E-state index contributed by atoms with van der Waals surface area (Å²) in [5.74, 6) is -0.306. The topological polar surface area (TPSA) is 45.0 Å². The third kappa shape index (κ3) is 2.80. The number of nitrogens with zero attached hydrogens (tertiary/aromatic N) is 1. The normalized spacial score (nSPS) is 26.3. The third-order valence-corrected chi connectivity index (χ3v) is 3.17. The van der Waals surface area contributed by atoms with Gasteiger partial charge in [-0.05, 0) is 32.0 Å². The molecule has 1 aliphatic rings. The van der Waals surface area contributed by atoms with Gasteiger partial charge in [0.25, 0.3) is 0 Å². The van der Waals surface area contributed by atoms with Gasteiger partial charge in [-0.2, -0.15) is 5.26 Å². The smallest absolute Gasteiger partial charge is 0.130 e. The average Bonchev–Trinajstić information content (AvgIpc) is 2.27. The Morgan fingerprint density at radius 2 is 2.22 bits per heavy atom. The molecule has 1 saturated heterocycles. The second-order valence-corrected chi connectivity index (χ2v) is 5.36. The Kier molecular flexibility index (Phi) is 3.27. The highest BCUT2D eigenvalue weighted by Crippen LogP contribution is 2.34. The van der Waals surface area contributed by atoms with Gasteiger partial charge < -0.3 is 10.1 Å². The number of ether oxygens (including phenoxy) is 1. The first-order chi connectivity index (χ1) is 8.45. The SMILES string of the molecule is CC1(C)CC(C#N)(Nc2cccc(F)c2)CCO1. The number of benzene rings is 1. The summed E-state index contributed by atoms with van der Waals surface area (Å²) in [6.45, 7) is 4.46. The first-order valence-electron chi connectivity index (χ1n) is 6.04. The van der Waals surface area contributed by atoms with E-state index in [1.165, 1.54) is 12.1 Å². The fraction of sp³-hybridized carbons (Fsp3) is 0.500. The van der Waals surface area contributed by atoms with Crippen LogP contribution < -0.4 is 5.32 Å². The summed E-state index contributed by atoms with van der Waals surface area (Å²) in [5, 5.41) is 12.6. The zero-order chi connectivity index (χ0) is 13.2. The Hall–Kier alpha value is -1.60. The van der Waals surface area contributed by atoms with Crippen molar-refractivity contribution < 1.29 is 9.13 Å². The van der Waals surface area contributed by atoms with Crippen molar-refractivity contribution in [3.8, 4) is 6.07 Å². The van der Waals surface area contributed by atoms with Crippen LogP contribution in [0.25, 0.3) is 0 Å². The van der Waals surface area contributed by atoms with E-state index in [2.05, 4.69) is 11.4 Å². The zero-order valence-corrected chi connectivity index (χ0v) is 10.7. The highest BCUT2D eigenvalue weighted by Gasteiger charge is 2.41. The second-order valence-electron chi connectivity index (χ2n) is 5.36. The van der Waals surface area contributed by atoms with Crippen LogP contribution in [0.4, 0.5) is 10.1 Å². The molecule has 1 atom stereocenters. The van der Waals surface area contributed by atoms with E-state index < -0.39 is 5.54 Å². The Bertz CT molecular complexity index is 481. The van der Waals surface area contributed by atoms with Crippen molar-refractivity contribution in [2.24, 2.45) is 0 Å². The summed E-state index contributed by atoms with van der Waals surface area (Å²) in [5.41, 5.74) is -0.390. The summed E-state index contributed by atoms with van der Waals surface area (Å²) < 4.78 is 18.8. The zero-order valence-electron chi connectivity index (χ0n) is 10.7. The maximum absolute atomic E-state index is 13.2. The number of anilines is 1. The van der Waals surface area contributed by atoms with Crippen LogP contribution in [0.3, 0.4) is 0 Å². The molecule has 0 saturated carbocycles. The van der Waals surface area contributed by atoms with Crippen LogP contribution in [0.5, 0.6) is 0 Å². The number of rotatable bonds is 2. The maximum atomic E-state index is 13.2. The molecule has 0 radical (unpaired) electrons. The molecule has 1 heterocycles. The van der Waals surface area contributed by atoms with Crippen molar-refractivity contribution >= 4 is 5.69 Å². The molecule has 0 amide bonds. The van der Waals surface area contributed by atoms with E-state index in [9.17, 15) is 9.65 Å². The second kappa shape index (κ2) is 4.58. The van der Waals surface area contributed by atoms with Crippen LogP contribution in [-0.2, 0) is 4.74 Å². The molecule has 1 unspecified atom stereocenters. The lowest BCUT2D eigenvalue weighted by Gasteiger charge is -2.41. The van der Waals surface area contributed by atoms with Gasteiger partial charge in [0.1, 0.15) is 11.4 Å². The van der Waals surface area contributed by atoms with E-state index in [4.69, 9.17) is 4.74 Å². The molecule has 4 heteroatoms. The van der Waals surface area contributed by atoms with Gasteiger partial charge in [-0.1, -0.05) is 6.07 Å². The van der Waals surface area contributed by atoms with E-state index in [1.54, 1.807) is 12.1 Å². The van der Waals surface area contributed by atoms with Crippen LogP contribution >= 0.6 is 0 Å².